The molecule has 0 unspecified atom stereocenters. The van der Waals surface area contributed by atoms with Crippen molar-refractivity contribution < 1.29 is 8.42 Å². The molecule has 0 aliphatic carbocycles. The fraction of sp³-hybridized carbons (Fsp3) is 1.00. The molecule has 1 rings (SSSR count). The van der Waals surface area contributed by atoms with E-state index in [0.717, 1.165) is 38.8 Å². The molecule has 102 valence electrons. The number of nitrogens with one attached hydrogen (secondary N) is 2. The molecule has 0 aromatic rings. The summed E-state index contributed by atoms with van der Waals surface area (Å²) < 4.78 is 28.7. The second-order valence-electron chi connectivity index (χ2n) is 4.55. The summed E-state index contributed by atoms with van der Waals surface area (Å²) in [5, 5.41) is 3.23. The lowest BCUT2D eigenvalue weighted by Gasteiger charge is -2.28. The van der Waals surface area contributed by atoms with Gasteiger partial charge in [-0.1, -0.05) is 13.8 Å². The normalized spacial score (nSPS) is 18.8. The van der Waals surface area contributed by atoms with E-state index in [9.17, 15) is 8.42 Å². The van der Waals surface area contributed by atoms with E-state index in [-0.39, 0.29) is 6.04 Å². The van der Waals surface area contributed by atoms with Gasteiger partial charge >= 0.3 is 0 Å². The van der Waals surface area contributed by atoms with Gasteiger partial charge in [-0.05, 0) is 38.8 Å². The van der Waals surface area contributed by atoms with Crippen LogP contribution in [0.5, 0.6) is 0 Å². The highest BCUT2D eigenvalue weighted by Gasteiger charge is 2.24. The van der Waals surface area contributed by atoms with Gasteiger partial charge in [0.15, 0.2) is 0 Å². The first-order valence-corrected chi connectivity index (χ1v) is 8.02. The first-order valence-electron chi connectivity index (χ1n) is 6.58. The van der Waals surface area contributed by atoms with Crippen LogP contribution >= 0.6 is 0 Å². The maximum absolute atomic E-state index is 12.2. The second kappa shape index (κ2) is 7.31. The molecule has 0 saturated carbocycles. The van der Waals surface area contributed by atoms with Crippen molar-refractivity contribution in [3.63, 3.8) is 0 Å². The van der Waals surface area contributed by atoms with E-state index in [1.165, 1.54) is 0 Å². The van der Waals surface area contributed by atoms with Crippen LogP contribution < -0.4 is 10.0 Å². The molecule has 0 aromatic heterocycles. The zero-order valence-corrected chi connectivity index (χ0v) is 11.7. The van der Waals surface area contributed by atoms with E-state index in [0.29, 0.717) is 13.1 Å². The minimum Gasteiger partial charge on any atom is -0.317 e. The van der Waals surface area contributed by atoms with Crippen molar-refractivity contribution in [2.45, 2.75) is 45.6 Å². The van der Waals surface area contributed by atoms with Gasteiger partial charge in [-0.15, -0.1) is 0 Å². The molecule has 1 saturated heterocycles. The molecule has 0 bridgehead atoms. The zero-order valence-electron chi connectivity index (χ0n) is 10.9. The van der Waals surface area contributed by atoms with E-state index in [2.05, 4.69) is 10.0 Å². The Hall–Kier alpha value is -0.170. The largest absolute Gasteiger partial charge is 0.317 e. The van der Waals surface area contributed by atoms with E-state index in [1.54, 1.807) is 4.31 Å². The van der Waals surface area contributed by atoms with Crippen LogP contribution in [0.2, 0.25) is 0 Å². The molecule has 17 heavy (non-hydrogen) atoms. The molecule has 1 heterocycles. The third kappa shape index (κ3) is 4.91. The van der Waals surface area contributed by atoms with Gasteiger partial charge in [0.05, 0.1) is 0 Å². The smallest absolute Gasteiger partial charge is 0.279 e. The summed E-state index contributed by atoms with van der Waals surface area (Å²) in [6, 6.07) is 0.0949. The molecule has 0 atom stereocenters. The van der Waals surface area contributed by atoms with Gasteiger partial charge < -0.3 is 5.32 Å². The van der Waals surface area contributed by atoms with Gasteiger partial charge in [-0.3, -0.25) is 0 Å². The Morgan fingerprint density at radius 1 is 1.18 bits per heavy atom. The predicted molar refractivity (Wildman–Crippen MR) is 70.1 cm³/mol. The van der Waals surface area contributed by atoms with Crippen molar-refractivity contribution in [1.29, 1.82) is 0 Å². The first kappa shape index (κ1) is 14.9. The van der Waals surface area contributed by atoms with Gasteiger partial charge in [0, 0.05) is 19.1 Å². The minimum atomic E-state index is -3.29. The fourth-order valence-corrected chi connectivity index (χ4v) is 3.73. The Bertz CT molecular complexity index is 294. The standard InChI is InChI=1S/C11H25N3O2S/c1-3-9-14(10-4-2)17(15,16)13-11-5-7-12-8-6-11/h11-13H,3-10H2,1-2H3. The molecule has 6 heteroatoms. The molecule has 0 aromatic carbocycles. The summed E-state index contributed by atoms with van der Waals surface area (Å²) >= 11 is 0. The summed E-state index contributed by atoms with van der Waals surface area (Å²) in [4.78, 5) is 0. The van der Waals surface area contributed by atoms with Crippen LogP contribution in [-0.4, -0.2) is 44.9 Å². The lowest BCUT2D eigenvalue weighted by atomic mass is 10.1. The van der Waals surface area contributed by atoms with Crippen LogP contribution in [0.15, 0.2) is 0 Å². The lowest BCUT2D eigenvalue weighted by Crippen LogP contribution is -2.49. The summed E-state index contributed by atoms with van der Waals surface area (Å²) in [5.74, 6) is 0. The molecule has 0 spiro atoms. The molecule has 0 amide bonds. The van der Waals surface area contributed by atoms with Crippen molar-refractivity contribution in [3.05, 3.63) is 0 Å². The van der Waals surface area contributed by atoms with E-state index >= 15 is 0 Å². The topological polar surface area (TPSA) is 61.4 Å². The SMILES string of the molecule is CCCN(CCC)S(=O)(=O)NC1CCNCC1. The molecular formula is C11H25N3O2S. The van der Waals surface area contributed by atoms with Gasteiger partial charge in [0.25, 0.3) is 10.2 Å². The lowest BCUT2D eigenvalue weighted by molar-refractivity contribution is 0.376. The first-order chi connectivity index (χ1) is 8.10. The zero-order chi connectivity index (χ0) is 12.7. The Kier molecular flexibility index (Phi) is 6.40. The third-order valence-electron chi connectivity index (χ3n) is 2.94. The third-order valence-corrected chi connectivity index (χ3v) is 4.62. The number of hydrogen-bond donors (Lipinski definition) is 2. The van der Waals surface area contributed by atoms with E-state index in [4.69, 9.17) is 0 Å². The Labute approximate surface area is 105 Å². The summed E-state index contributed by atoms with van der Waals surface area (Å²) in [7, 11) is -3.29. The summed E-state index contributed by atoms with van der Waals surface area (Å²) in [5.41, 5.74) is 0. The Balaban J connectivity index is 2.56. The van der Waals surface area contributed by atoms with Crippen LogP contribution in [0.4, 0.5) is 0 Å². The molecule has 0 radical (unpaired) electrons. The highest BCUT2D eigenvalue weighted by Crippen LogP contribution is 2.08. The van der Waals surface area contributed by atoms with Crippen molar-refractivity contribution in [1.82, 2.24) is 14.3 Å². The number of rotatable bonds is 7. The van der Waals surface area contributed by atoms with Crippen LogP contribution in [0.3, 0.4) is 0 Å². The van der Waals surface area contributed by atoms with Crippen LogP contribution in [-0.2, 0) is 10.2 Å². The van der Waals surface area contributed by atoms with Crippen molar-refractivity contribution >= 4 is 10.2 Å². The van der Waals surface area contributed by atoms with Crippen LogP contribution in [0.1, 0.15) is 39.5 Å². The molecule has 1 aliphatic heterocycles. The molecule has 1 fully saturated rings. The number of piperidine rings is 1. The monoisotopic (exact) mass is 263 g/mol. The maximum Gasteiger partial charge on any atom is 0.279 e. The van der Waals surface area contributed by atoms with Crippen molar-refractivity contribution in [3.8, 4) is 0 Å². The van der Waals surface area contributed by atoms with Crippen molar-refractivity contribution in [2.75, 3.05) is 26.2 Å². The van der Waals surface area contributed by atoms with Crippen LogP contribution in [0.25, 0.3) is 0 Å². The van der Waals surface area contributed by atoms with E-state index < -0.39 is 10.2 Å². The highest BCUT2D eigenvalue weighted by molar-refractivity contribution is 7.87. The van der Waals surface area contributed by atoms with Gasteiger partial charge in [-0.2, -0.15) is 17.4 Å². The van der Waals surface area contributed by atoms with E-state index in [1.807, 2.05) is 13.8 Å². The average Bonchev–Trinajstić information content (AvgIpc) is 2.29. The molecule has 5 nitrogen and oxygen atoms in total. The van der Waals surface area contributed by atoms with Crippen molar-refractivity contribution in [2.24, 2.45) is 0 Å². The quantitative estimate of drug-likeness (QED) is 0.710. The Morgan fingerprint density at radius 2 is 1.71 bits per heavy atom. The van der Waals surface area contributed by atoms with Gasteiger partial charge in [0.2, 0.25) is 0 Å². The summed E-state index contributed by atoms with van der Waals surface area (Å²) in [6.07, 6.45) is 3.47. The Morgan fingerprint density at radius 3 is 2.18 bits per heavy atom. The number of hydrogen-bond acceptors (Lipinski definition) is 3. The van der Waals surface area contributed by atoms with Gasteiger partial charge in [0.1, 0.15) is 0 Å². The molecule has 2 N–H and O–H groups in total. The average molecular weight is 263 g/mol. The predicted octanol–water partition coefficient (Wildman–Crippen LogP) is 0.695. The minimum absolute atomic E-state index is 0.0949. The van der Waals surface area contributed by atoms with Crippen LogP contribution in [0, 0.1) is 0 Å². The molecule has 1 aliphatic rings. The maximum atomic E-state index is 12.2. The molecular weight excluding hydrogens is 238 g/mol. The van der Waals surface area contributed by atoms with Gasteiger partial charge in [-0.25, -0.2) is 0 Å². The fourth-order valence-electron chi connectivity index (χ4n) is 2.08. The highest BCUT2D eigenvalue weighted by atomic mass is 32.2. The second-order valence-corrected chi connectivity index (χ2v) is 6.25. The number of nitrogens with zero attached hydrogens (tertiary/aromatic N) is 1. The summed E-state index contributed by atoms with van der Waals surface area (Å²) in [6.45, 7) is 7.01.